The lowest BCUT2D eigenvalue weighted by atomic mass is 10.0. The van der Waals surface area contributed by atoms with Crippen molar-refractivity contribution in [2.45, 2.75) is 13.0 Å². The Balaban J connectivity index is 2.46. The second-order valence-electron chi connectivity index (χ2n) is 4.14. The minimum absolute atomic E-state index is 0.219. The van der Waals surface area contributed by atoms with Crippen molar-refractivity contribution in [3.8, 4) is 5.75 Å². The minimum atomic E-state index is -0.219. The molecule has 0 saturated carbocycles. The second kappa shape index (κ2) is 6.72. The molecule has 0 radical (unpaired) electrons. The highest BCUT2D eigenvalue weighted by Gasteiger charge is 2.21. The average molecular weight is 335 g/mol. The van der Waals surface area contributed by atoms with Gasteiger partial charge in [-0.2, -0.15) is 0 Å². The van der Waals surface area contributed by atoms with Crippen molar-refractivity contribution in [2.24, 2.45) is 0 Å². The van der Waals surface area contributed by atoms with Gasteiger partial charge in [-0.25, -0.2) is 0 Å². The van der Waals surface area contributed by atoms with Gasteiger partial charge in [0.1, 0.15) is 11.5 Å². The fourth-order valence-corrected chi connectivity index (χ4v) is 2.64. The molecule has 0 amide bonds. The molecule has 0 fully saturated rings. The van der Waals surface area contributed by atoms with Gasteiger partial charge in [-0.15, -0.1) is 0 Å². The maximum absolute atomic E-state index is 6.31. The summed E-state index contributed by atoms with van der Waals surface area (Å²) in [5, 5.41) is 4.67. The highest BCUT2D eigenvalue weighted by Crippen LogP contribution is 2.37. The zero-order chi connectivity index (χ0) is 14.7. The van der Waals surface area contributed by atoms with E-state index in [1.807, 2.05) is 13.0 Å². The third-order valence-corrected chi connectivity index (χ3v) is 3.69. The van der Waals surface area contributed by atoms with E-state index in [4.69, 9.17) is 44.0 Å². The van der Waals surface area contributed by atoms with Crippen LogP contribution in [0.3, 0.4) is 0 Å². The highest BCUT2D eigenvalue weighted by molar-refractivity contribution is 6.34. The van der Waals surface area contributed by atoms with E-state index in [2.05, 4.69) is 5.32 Å². The smallest absolute Gasteiger partial charge is 0.193 e. The molecule has 1 N–H and O–H groups in total. The predicted octanol–water partition coefficient (Wildman–Crippen LogP) is 4.95. The van der Waals surface area contributed by atoms with Crippen molar-refractivity contribution in [1.29, 1.82) is 0 Å². The molecule has 1 heterocycles. The molecule has 0 aliphatic heterocycles. The Morgan fingerprint density at radius 1 is 1.20 bits per heavy atom. The molecule has 0 aliphatic carbocycles. The summed E-state index contributed by atoms with van der Waals surface area (Å²) in [6.07, 6.45) is 0. The van der Waals surface area contributed by atoms with Crippen LogP contribution < -0.4 is 10.1 Å². The second-order valence-corrected chi connectivity index (χ2v) is 5.33. The normalized spacial score (nSPS) is 12.4. The Hall–Kier alpha value is -0.870. The number of rotatable bonds is 5. The third-order valence-electron chi connectivity index (χ3n) is 2.87. The van der Waals surface area contributed by atoms with E-state index in [1.54, 1.807) is 25.3 Å². The average Bonchev–Trinajstić information content (AvgIpc) is 2.85. The summed E-state index contributed by atoms with van der Waals surface area (Å²) in [5.41, 5.74) is 0.810. The van der Waals surface area contributed by atoms with Gasteiger partial charge in [0.2, 0.25) is 0 Å². The highest BCUT2D eigenvalue weighted by atomic mass is 35.5. The van der Waals surface area contributed by atoms with Gasteiger partial charge in [0.05, 0.1) is 18.2 Å². The molecule has 1 unspecified atom stereocenters. The SMILES string of the molecule is CCNC(c1ccc(Cl)o1)c1cc(Cl)c(OC)cc1Cl. The van der Waals surface area contributed by atoms with E-state index < -0.39 is 0 Å². The van der Waals surface area contributed by atoms with Gasteiger partial charge in [0.25, 0.3) is 0 Å². The first-order valence-electron chi connectivity index (χ1n) is 6.08. The maximum atomic E-state index is 6.31. The largest absolute Gasteiger partial charge is 0.495 e. The number of halogens is 3. The zero-order valence-corrected chi connectivity index (χ0v) is 13.3. The van der Waals surface area contributed by atoms with Gasteiger partial charge < -0.3 is 14.5 Å². The molecule has 2 aromatic rings. The lowest BCUT2D eigenvalue weighted by Gasteiger charge is -2.18. The summed E-state index contributed by atoms with van der Waals surface area (Å²) in [5.74, 6) is 1.22. The van der Waals surface area contributed by atoms with Gasteiger partial charge >= 0.3 is 0 Å². The Labute approximate surface area is 132 Å². The van der Waals surface area contributed by atoms with Gasteiger partial charge in [-0.3, -0.25) is 0 Å². The van der Waals surface area contributed by atoms with Gasteiger partial charge in [-0.05, 0) is 41.9 Å². The molecule has 1 aromatic carbocycles. The number of furan rings is 1. The predicted molar refractivity (Wildman–Crippen MR) is 82.3 cm³/mol. The minimum Gasteiger partial charge on any atom is -0.495 e. The van der Waals surface area contributed by atoms with Gasteiger partial charge in [0, 0.05) is 11.1 Å². The first-order chi connectivity index (χ1) is 9.56. The lowest BCUT2D eigenvalue weighted by molar-refractivity contribution is 0.414. The third kappa shape index (κ3) is 3.23. The summed E-state index contributed by atoms with van der Waals surface area (Å²) in [4.78, 5) is 0. The Kier molecular flexibility index (Phi) is 5.22. The topological polar surface area (TPSA) is 34.4 Å². The summed E-state index contributed by atoms with van der Waals surface area (Å²) in [6.45, 7) is 2.74. The van der Waals surface area contributed by atoms with Gasteiger partial charge in [-0.1, -0.05) is 30.1 Å². The molecular weight excluding hydrogens is 321 g/mol. The summed E-state index contributed by atoms with van der Waals surface area (Å²) in [6, 6.07) is 6.74. The fourth-order valence-electron chi connectivity index (χ4n) is 1.97. The molecule has 0 spiro atoms. The summed E-state index contributed by atoms with van der Waals surface area (Å²) in [7, 11) is 1.55. The van der Waals surface area contributed by atoms with Crippen LogP contribution in [0.4, 0.5) is 0 Å². The van der Waals surface area contributed by atoms with Crippen molar-refractivity contribution >= 4 is 34.8 Å². The van der Waals surface area contributed by atoms with Crippen LogP contribution in [0.2, 0.25) is 15.3 Å². The number of ether oxygens (including phenoxy) is 1. The zero-order valence-electron chi connectivity index (χ0n) is 11.0. The van der Waals surface area contributed by atoms with E-state index in [1.165, 1.54) is 0 Å². The van der Waals surface area contributed by atoms with Crippen LogP contribution in [0, 0.1) is 0 Å². The fraction of sp³-hybridized carbons (Fsp3) is 0.286. The van der Waals surface area contributed by atoms with Crippen LogP contribution in [0.25, 0.3) is 0 Å². The molecule has 1 aromatic heterocycles. The summed E-state index contributed by atoms with van der Waals surface area (Å²) < 4.78 is 10.6. The van der Waals surface area contributed by atoms with E-state index in [0.29, 0.717) is 26.8 Å². The first-order valence-corrected chi connectivity index (χ1v) is 7.21. The lowest BCUT2D eigenvalue weighted by Crippen LogP contribution is -2.21. The van der Waals surface area contributed by atoms with Crippen LogP contribution in [0.15, 0.2) is 28.7 Å². The molecule has 20 heavy (non-hydrogen) atoms. The van der Waals surface area contributed by atoms with E-state index in [0.717, 1.165) is 12.1 Å². The van der Waals surface area contributed by atoms with Crippen molar-refractivity contribution in [1.82, 2.24) is 5.32 Å². The molecule has 6 heteroatoms. The van der Waals surface area contributed by atoms with E-state index in [-0.39, 0.29) is 6.04 Å². The number of benzene rings is 1. The first kappa shape index (κ1) is 15.5. The van der Waals surface area contributed by atoms with Crippen molar-refractivity contribution in [2.75, 3.05) is 13.7 Å². The van der Waals surface area contributed by atoms with Crippen LogP contribution >= 0.6 is 34.8 Å². The summed E-state index contributed by atoms with van der Waals surface area (Å²) >= 11 is 18.3. The maximum Gasteiger partial charge on any atom is 0.193 e. The molecule has 0 aliphatic rings. The number of hydrogen-bond donors (Lipinski definition) is 1. The van der Waals surface area contributed by atoms with Crippen LogP contribution in [-0.2, 0) is 0 Å². The Morgan fingerprint density at radius 2 is 1.95 bits per heavy atom. The standard InChI is InChI=1S/C14H14Cl3NO2/c1-3-18-14(11-4-5-13(17)20-11)8-6-10(16)12(19-2)7-9(8)15/h4-7,14,18H,3H2,1-2H3. The van der Waals surface area contributed by atoms with Crippen LogP contribution in [-0.4, -0.2) is 13.7 Å². The van der Waals surface area contributed by atoms with E-state index >= 15 is 0 Å². The Morgan fingerprint density at radius 3 is 2.50 bits per heavy atom. The quantitative estimate of drug-likeness (QED) is 0.840. The van der Waals surface area contributed by atoms with Gasteiger partial charge in [0.15, 0.2) is 5.22 Å². The molecule has 1 atom stereocenters. The van der Waals surface area contributed by atoms with Crippen molar-refractivity contribution in [3.63, 3.8) is 0 Å². The van der Waals surface area contributed by atoms with Crippen molar-refractivity contribution in [3.05, 3.63) is 50.9 Å². The number of nitrogens with one attached hydrogen (secondary N) is 1. The number of hydrogen-bond acceptors (Lipinski definition) is 3. The number of methoxy groups -OCH3 is 1. The molecule has 0 bridgehead atoms. The van der Waals surface area contributed by atoms with Crippen LogP contribution in [0.5, 0.6) is 5.75 Å². The molecule has 2 rings (SSSR count). The van der Waals surface area contributed by atoms with Crippen LogP contribution in [0.1, 0.15) is 24.3 Å². The Bertz CT molecular complexity index is 598. The molecule has 3 nitrogen and oxygen atoms in total. The monoisotopic (exact) mass is 333 g/mol. The molecule has 0 saturated heterocycles. The molecular formula is C14H14Cl3NO2. The van der Waals surface area contributed by atoms with E-state index in [9.17, 15) is 0 Å². The molecule has 108 valence electrons. The van der Waals surface area contributed by atoms with Crippen molar-refractivity contribution < 1.29 is 9.15 Å².